The molecular weight excluding hydrogens is 268 g/mol. The fourth-order valence-corrected chi connectivity index (χ4v) is 3.47. The third kappa shape index (κ3) is 2.53. The van der Waals surface area contributed by atoms with Crippen LogP contribution in [0.25, 0.3) is 0 Å². The number of benzene rings is 1. The monoisotopic (exact) mass is 290 g/mol. The Kier molecular flexibility index (Phi) is 3.89. The molecule has 1 aliphatic heterocycles. The fourth-order valence-electron chi connectivity index (χ4n) is 3.47. The van der Waals surface area contributed by atoms with Gasteiger partial charge in [-0.25, -0.2) is 0 Å². The zero-order valence-electron chi connectivity index (χ0n) is 12.7. The van der Waals surface area contributed by atoms with E-state index in [0.29, 0.717) is 23.7 Å². The first-order valence-electron chi connectivity index (χ1n) is 7.58. The van der Waals surface area contributed by atoms with Crippen LogP contribution in [0.15, 0.2) is 18.2 Å². The Morgan fingerprint density at radius 2 is 1.90 bits per heavy atom. The van der Waals surface area contributed by atoms with Crippen LogP contribution in [-0.4, -0.2) is 32.2 Å². The van der Waals surface area contributed by atoms with E-state index in [1.807, 2.05) is 18.2 Å². The van der Waals surface area contributed by atoms with Gasteiger partial charge in [0.25, 0.3) is 0 Å². The molecule has 0 bridgehead atoms. The van der Waals surface area contributed by atoms with E-state index in [2.05, 4.69) is 0 Å². The van der Waals surface area contributed by atoms with Crippen LogP contribution in [0.4, 0.5) is 0 Å². The number of Topliss-reactive ketones (excluding diaryl/α,β-unsaturated/α-hetero) is 1. The molecule has 1 aliphatic carbocycles. The molecule has 1 atom stereocenters. The third-order valence-corrected chi connectivity index (χ3v) is 4.80. The summed E-state index contributed by atoms with van der Waals surface area (Å²) in [5, 5.41) is 0. The number of rotatable bonds is 4. The van der Waals surface area contributed by atoms with Crippen molar-refractivity contribution in [2.75, 3.05) is 20.8 Å². The molecule has 2 aliphatic rings. The SMILES string of the molecule is COc1cccc(OC)c1C(=O)C1CCOC2(CCC2)C1. The van der Waals surface area contributed by atoms with Crippen LogP contribution in [-0.2, 0) is 4.74 Å². The fraction of sp³-hybridized carbons (Fsp3) is 0.588. The molecule has 0 aromatic heterocycles. The molecule has 4 heteroatoms. The molecule has 1 saturated carbocycles. The van der Waals surface area contributed by atoms with E-state index < -0.39 is 0 Å². The quantitative estimate of drug-likeness (QED) is 0.799. The van der Waals surface area contributed by atoms with Gasteiger partial charge in [-0.05, 0) is 44.2 Å². The Morgan fingerprint density at radius 1 is 1.24 bits per heavy atom. The maximum Gasteiger partial charge on any atom is 0.173 e. The number of ether oxygens (including phenoxy) is 3. The van der Waals surface area contributed by atoms with Crippen LogP contribution in [0, 0.1) is 5.92 Å². The lowest BCUT2D eigenvalue weighted by Crippen LogP contribution is -2.47. The van der Waals surface area contributed by atoms with Gasteiger partial charge in [0.2, 0.25) is 0 Å². The maximum absolute atomic E-state index is 13.0. The number of ketones is 1. The molecule has 1 spiro atoms. The summed E-state index contributed by atoms with van der Waals surface area (Å²) in [6.07, 6.45) is 4.98. The van der Waals surface area contributed by atoms with Gasteiger partial charge in [0, 0.05) is 12.5 Å². The Balaban J connectivity index is 1.87. The molecule has 4 nitrogen and oxygen atoms in total. The van der Waals surface area contributed by atoms with Crippen LogP contribution < -0.4 is 9.47 Å². The van der Waals surface area contributed by atoms with Gasteiger partial charge < -0.3 is 14.2 Å². The molecule has 114 valence electrons. The van der Waals surface area contributed by atoms with Gasteiger partial charge in [-0.1, -0.05) is 6.07 Å². The highest BCUT2D eigenvalue weighted by Crippen LogP contribution is 2.45. The molecule has 1 heterocycles. The van der Waals surface area contributed by atoms with E-state index >= 15 is 0 Å². The Labute approximate surface area is 125 Å². The zero-order valence-corrected chi connectivity index (χ0v) is 12.7. The van der Waals surface area contributed by atoms with E-state index in [4.69, 9.17) is 14.2 Å². The van der Waals surface area contributed by atoms with E-state index in [9.17, 15) is 4.79 Å². The number of hydrogen-bond donors (Lipinski definition) is 0. The molecule has 1 unspecified atom stereocenters. The molecule has 0 amide bonds. The van der Waals surface area contributed by atoms with E-state index in [1.54, 1.807) is 14.2 Å². The van der Waals surface area contributed by atoms with E-state index in [1.165, 1.54) is 6.42 Å². The van der Waals surface area contributed by atoms with Crippen LogP contribution in [0.5, 0.6) is 11.5 Å². The number of methoxy groups -OCH3 is 2. The van der Waals surface area contributed by atoms with Crippen molar-refractivity contribution in [3.05, 3.63) is 23.8 Å². The lowest BCUT2D eigenvalue weighted by Gasteiger charge is -2.46. The van der Waals surface area contributed by atoms with Crippen molar-refractivity contribution in [2.45, 2.75) is 37.7 Å². The molecule has 3 rings (SSSR count). The Morgan fingerprint density at radius 3 is 2.43 bits per heavy atom. The topological polar surface area (TPSA) is 44.8 Å². The van der Waals surface area contributed by atoms with Gasteiger partial charge in [-0.15, -0.1) is 0 Å². The summed E-state index contributed by atoms with van der Waals surface area (Å²) in [4.78, 5) is 13.0. The lowest BCUT2D eigenvalue weighted by molar-refractivity contribution is -0.137. The normalized spacial score (nSPS) is 23.4. The van der Waals surface area contributed by atoms with Crippen LogP contribution >= 0.6 is 0 Å². The van der Waals surface area contributed by atoms with Gasteiger partial charge in [-0.3, -0.25) is 4.79 Å². The first kappa shape index (κ1) is 14.4. The lowest BCUT2D eigenvalue weighted by atomic mass is 9.70. The first-order chi connectivity index (χ1) is 10.2. The average Bonchev–Trinajstić information content (AvgIpc) is 2.51. The summed E-state index contributed by atoms with van der Waals surface area (Å²) in [5.41, 5.74) is 0.539. The first-order valence-corrected chi connectivity index (χ1v) is 7.58. The van der Waals surface area contributed by atoms with Gasteiger partial charge >= 0.3 is 0 Å². The predicted octanol–water partition coefficient (Wildman–Crippen LogP) is 3.24. The van der Waals surface area contributed by atoms with Crippen molar-refractivity contribution >= 4 is 5.78 Å². The zero-order chi connectivity index (χ0) is 14.9. The molecule has 21 heavy (non-hydrogen) atoms. The molecule has 1 aromatic carbocycles. The minimum atomic E-state index is -0.0339. The van der Waals surface area contributed by atoms with E-state index in [-0.39, 0.29) is 17.3 Å². The molecular formula is C17H22O4. The van der Waals surface area contributed by atoms with Gasteiger partial charge in [0.15, 0.2) is 5.78 Å². The summed E-state index contributed by atoms with van der Waals surface area (Å²) in [6.45, 7) is 0.674. The largest absolute Gasteiger partial charge is 0.496 e. The molecule has 0 N–H and O–H groups in total. The Hall–Kier alpha value is -1.55. The van der Waals surface area contributed by atoms with Crippen LogP contribution in [0.3, 0.4) is 0 Å². The van der Waals surface area contributed by atoms with Crippen LogP contribution in [0.1, 0.15) is 42.5 Å². The highest BCUT2D eigenvalue weighted by molar-refractivity contribution is 6.03. The Bertz CT molecular complexity index is 511. The van der Waals surface area contributed by atoms with Crippen molar-refractivity contribution in [3.63, 3.8) is 0 Å². The van der Waals surface area contributed by atoms with Crippen molar-refractivity contribution in [1.82, 2.24) is 0 Å². The number of hydrogen-bond acceptors (Lipinski definition) is 4. The summed E-state index contributed by atoms with van der Waals surface area (Å²) >= 11 is 0. The van der Waals surface area contributed by atoms with Crippen molar-refractivity contribution in [3.8, 4) is 11.5 Å². The highest BCUT2D eigenvalue weighted by Gasteiger charge is 2.45. The minimum absolute atomic E-state index is 0.00394. The minimum Gasteiger partial charge on any atom is -0.496 e. The van der Waals surface area contributed by atoms with Crippen molar-refractivity contribution in [1.29, 1.82) is 0 Å². The second kappa shape index (κ2) is 5.68. The van der Waals surface area contributed by atoms with Crippen LogP contribution in [0.2, 0.25) is 0 Å². The number of carbonyl (C=O) groups excluding carboxylic acids is 1. The van der Waals surface area contributed by atoms with Gasteiger partial charge in [-0.2, -0.15) is 0 Å². The smallest absolute Gasteiger partial charge is 0.173 e. The molecule has 1 aromatic rings. The molecule has 0 radical (unpaired) electrons. The molecule has 1 saturated heterocycles. The summed E-state index contributed by atoms with van der Waals surface area (Å²) in [5.74, 6) is 1.31. The van der Waals surface area contributed by atoms with E-state index in [0.717, 1.165) is 25.7 Å². The summed E-state index contributed by atoms with van der Waals surface area (Å²) < 4.78 is 16.6. The summed E-state index contributed by atoms with van der Waals surface area (Å²) in [6, 6.07) is 5.47. The molecule has 2 fully saturated rings. The highest BCUT2D eigenvalue weighted by atomic mass is 16.5. The third-order valence-electron chi connectivity index (χ3n) is 4.80. The average molecular weight is 290 g/mol. The van der Waals surface area contributed by atoms with Crippen molar-refractivity contribution in [2.24, 2.45) is 5.92 Å². The van der Waals surface area contributed by atoms with Crippen molar-refractivity contribution < 1.29 is 19.0 Å². The second-order valence-corrected chi connectivity index (χ2v) is 5.98. The second-order valence-electron chi connectivity index (χ2n) is 5.98. The van der Waals surface area contributed by atoms with Gasteiger partial charge in [0.05, 0.1) is 19.8 Å². The van der Waals surface area contributed by atoms with Gasteiger partial charge in [0.1, 0.15) is 17.1 Å². The maximum atomic E-state index is 13.0. The standard InChI is InChI=1S/C17H22O4/c1-19-13-5-3-6-14(20-2)15(13)16(18)12-7-10-21-17(11-12)8-4-9-17/h3,5-6,12H,4,7-11H2,1-2H3. The number of carbonyl (C=O) groups is 1. The predicted molar refractivity (Wildman–Crippen MR) is 79.1 cm³/mol. The summed E-state index contributed by atoms with van der Waals surface area (Å²) in [7, 11) is 3.17.